The van der Waals surface area contributed by atoms with Gasteiger partial charge in [0.1, 0.15) is 12.4 Å². The highest BCUT2D eigenvalue weighted by molar-refractivity contribution is 5.56. The number of pyridine rings is 1. The van der Waals surface area contributed by atoms with Crippen LogP contribution in [-0.4, -0.2) is 70.0 Å². The first-order chi connectivity index (χ1) is 10.7. The molecule has 0 saturated carbocycles. The maximum absolute atomic E-state index is 5.86. The molecule has 0 aromatic carbocycles. The van der Waals surface area contributed by atoms with E-state index in [0.29, 0.717) is 12.5 Å². The van der Waals surface area contributed by atoms with E-state index >= 15 is 0 Å². The zero-order valence-corrected chi connectivity index (χ0v) is 14.0. The van der Waals surface area contributed by atoms with Crippen molar-refractivity contribution < 1.29 is 9.47 Å². The number of nitrogens with one attached hydrogen (secondary N) is 1. The molecule has 1 saturated heterocycles. The lowest BCUT2D eigenvalue weighted by atomic mass is 10.3. The first-order valence-electron chi connectivity index (χ1n) is 8.06. The highest BCUT2D eigenvalue weighted by atomic mass is 16.5. The van der Waals surface area contributed by atoms with Crippen LogP contribution in [0.15, 0.2) is 12.1 Å². The number of ether oxygens (including phenoxy) is 2. The molecule has 2 rings (SSSR count). The van der Waals surface area contributed by atoms with Crippen LogP contribution in [0.25, 0.3) is 0 Å². The van der Waals surface area contributed by atoms with E-state index in [2.05, 4.69) is 34.1 Å². The lowest BCUT2D eigenvalue weighted by molar-refractivity contribution is 0.0320. The van der Waals surface area contributed by atoms with Gasteiger partial charge in [-0.25, -0.2) is 0 Å². The zero-order chi connectivity index (χ0) is 15.8. The van der Waals surface area contributed by atoms with E-state index in [1.165, 1.54) is 0 Å². The standard InChI is InChI=1S/C16H28N4O2/c1-4-5-19(3)14-12-15(17-2)18-16(13-14)22-11-8-20-6-9-21-10-7-20/h12-13H,4-11H2,1-3H3,(H,17,18). The van der Waals surface area contributed by atoms with Crippen LogP contribution in [0.4, 0.5) is 11.5 Å². The molecule has 0 spiro atoms. The van der Waals surface area contributed by atoms with Gasteiger partial charge >= 0.3 is 0 Å². The molecule has 1 fully saturated rings. The molecule has 6 heteroatoms. The van der Waals surface area contributed by atoms with Crippen LogP contribution in [0.2, 0.25) is 0 Å². The summed E-state index contributed by atoms with van der Waals surface area (Å²) in [6.07, 6.45) is 1.11. The number of nitrogens with zero attached hydrogens (tertiary/aromatic N) is 3. The molecule has 0 radical (unpaired) electrons. The Morgan fingerprint density at radius 2 is 2.14 bits per heavy atom. The molecule has 0 bridgehead atoms. The van der Waals surface area contributed by atoms with E-state index in [4.69, 9.17) is 9.47 Å². The predicted molar refractivity (Wildman–Crippen MR) is 90.1 cm³/mol. The van der Waals surface area contributed by atoms with Crippen LogP contribution in [0, 0.1) is 0 Å². The summed E-state index contributed by atoms with van der Waals surface area (Å²) >= 11 is 0. The number of anilines is 2. The normalized spacial score (nSPS) is 15.6. The Bertz CT molecular complexity index is 450. The van der Waals surface area contributed by atoms with Crippen LogP contribution >= 0.6 is 0 Å². The van der Waals surface area contributed by atoms with Crippen molar-refractivity contribution in [2.75, 3.05) is 70.3 Å². The van der Waals surface area contributed by atoms with E-state index in [-0.39, 0.29) is 0 Å². The van der Waals surface area contributed by atoms with Gasteiger partial charge in [-0.1, -0.05) is 6.92 Å². The molecular formula is C16H28N4O2. The average Bonchev–Trinajstić information content (AvgIpc) is 2.56. The lowest BCUT2D eigenvalue weighted by Crippen LogP contribution is -2.38. The molecule has 124 valence electrons. The van der Waals surface area contributed by atoms with Gasteiger partial charge < -0.3 is 19.7 Å². The van der Waals surface area contributed by atoms with Crippen molar-refractivity contribution in [3.8, 4) is 5.88 Å². The second kappa shape index (κ2) is 8.80. The number of morpholine rings is 1. The Kier molecular flexibility index (Phi) is 6.74. The van der Waals surface area contributed by atoms with Gasteiger partial charge in [0.15, 0.2) is 0 Å². The number of hydrogen-bond donors (Lipinski definition) is 1. The van der Waals surface area contributed by atoms with Gasteiger partial charge in [-0.3, -0.25) is 4.90 Å². The van der Waals surface area contributed by atoms with Crippen molar-refractivity contribution in [1.82, 2.24) is 9.88 Å². The summed E-state index contributed by atoms with van der Waals surface area (Å²) in [5, 5.41) is 3.10. The smallest absolute Gasteiger partial charge is 0.217 e. The summed E-state index contributed by atoms with van der Waals surface area (Å²) in [6, 6.07) is 4.06. The number of hydrogen-bond acceptors (Lipinski definition) is 6. The van der Waals surface area contributed by atoms with Gasteiger partial charge in [-0.05, 0) is 6.42 Å². The summed E-state index contributed by atoms with van der Waals surface area (Å²) in [5.74, 6) is 1.51. The molecule has 6 nitrogen and oxygen atoms in total. The van der Waals surface area contributed by atoms with E-state index in [9.17, 15) is 0 Å². The van der Waals surface area contributed by atoms with E-state index in [1.807, 2.05) is 19.2 Å². The molecule has 1 aliphatic rings. The molecule has 1 N–H and O–H groups in total. The van der Waals surface area contributed by atoms with Gasteiger partial charge in [-0.2, -0.15) is 4.98 Å². The Morgan fingerprint density at radius 1 is 1.36 bits per heavy atom. The molecule has 1 aromatic heterocycles. The van der Waals surface area contributed by atoms with Crippen molar-refractivity contribution in [3.63, 3.8) is 0 Å². The predicted octanol–water partition coefficient (Wildman–Crippen LogP) is 1.68. The molecule has 0 amide bonds. The van der Waals surface area contributed by atoms with E-state index < -0.39 is 0 Å². The van der Waals surface area contributed by atoms with Gasteiger partial charge in [0.2, 0.25) is 5.88 Å². The summed E-state index contributed by atoms with van der Waals surface area (Å²) in [4.78, 5) is 9.05. The van der Waals surface area contributed by atoms with Crippen molar-refractivity contribution in [3.05, 3.63) is 12.1 Å². The van der Waals surface area contributed by atoms with Crippen LogP contribution in [0.3, 0.4) is 0 Å². The van der Waals surface area contributed by atoms with Gasteiger partial charge in [0.25, 0.3) is 0 Å². The summed E-state index contributed by atoms with van der Waals surface area (Å²) < 4.78 is 11.2. The largest absolute Gasteiger partial charge is 0.476 e. The molecule has 1 aromatic rings. The highest BCUT2D eigenvalue weighted by Crippen LogP contribution is 2.23. The molecule has 2 heterocycles. The summed E-state index contributed by atoms with van der Waals surface area (Å²) in [7, 11) is 3.97. The maximum Gasteiger partial charge on any atom is 0.217 e. The first kappa shape index (κ1) is 16.8. The van der Waals surface area contributed by atoms with Crippen LogP contribution in [0.1, 0.15) is 13.3 Å². The van der Waals surface area contributed by atoms with Crippen molar-refractivity contribution in [2.45, 2.75) is 13.3 Å². The number of aromatic nitrogens is 1. The number of rotatable bonds is 8. The average molecular weight is 308 g/mol. The third-order valence-corrected chi connectivity index (χ3v) is 3.80. The third-order valence-electron chi connectivity index (χ3n) is 3.80. The topological polar surface area (TPSA) is 49.9 Å². The SMILES string of the molecule is CCCN(C)c1cc(NC)nc(OCCN2CCOCC2)c1. The lowest BCUT2D eigenvalue weighted by Gasteiger charge is -2.26. The molecule has 22 heavy (non-hydrogen) atoms. The van der Waals surface area contributed by atoms with Crippen LogP contribution in [0.5, 0.6) is 5.88 Å². The first-order valence-corrected chi connectivity index (χ1v) is 8.06. The molecule has 1 aliphatic heterocycles. The fraction of sp³-hybridized carbons (Fsp3) is 0.688. The highest BCUT2D eigenvalue weighted by Gasteiger charge is 2.11. The fourth-order valence-electron chi connectivity index (χ4n) is 2.48. The molecule has 0 atom stereocenters. The molecule has 0 unspecified atom stereocenters. The zero-order valence-electron chi connectivity index (χ0n) is 14.0. The van der Waals surface area contributed by atoms with Gasteiger partial charge in [0, 0.05) is 58.1 Å². The second-order valence-corrected chi connectivity index (χ2v) is 5.52. The maximum atomic E-state index is 5.86. The fourth-order valence-corrected chi connectivity index (χ4v) is 2.48. The summed E-state index contributed by atoms with van der Waals surface area (Å²) in [5.41, 5.74) is 1.13. The van der Waals surface area contributed by atoms with E-state index in [0.717, 1.165) is 57.3 Å². The minimum absolute atomic E-state index is 0.650. The van der Waals surface area contributed by atoms with Gasteiger partial charge in [-0.15, -0.1) is 0 Å². The Morgan fingerprint density at radius 3 is 2.82 bits per heavy atom. The Labute approximate surface area is 133 Å². The minimum Gasteiger partial charge on any atom is -0.476 e. The van der Waals surface area contributed by atoms with E-state index in [1.54, 1.807) is 0 Å². The third kappa shape index (κ3) is 5.03. The second-order valence-electron chi connectivity index (χ2n) is 5.52. The monoisotopic (exact) mass is 308 g/mol. The Balaban J connectivity index is 1.92. The molecule has 0 aliphatic carbocycles. The van der Waals surface area contributed by atoms with Crippen LogP contribution < -0.4 is 15.0 Å². The Hall–Kier alpha value is -1.53. The van der Waals surface area contributed by atoms with Crippen molar-refractivity contribution in [1.29, 1.82) is 0 Å². The van der Waals surface area contributed by atoms with Crippen molar-refractivity contribution >= 4 is 11.5 Å². The molecular weight excluding hydrogens is 280 g/mol. The van der Waals surface area contributed by atoms with Crippen molar-refractivity contribution in [2.24, 2.45) is 0 Å². The summed E-state index contributed by atoms with van der Waals surface area (Å²) in [6.45, 7) is 8.36. The van der Waals surface area contributed by atoms with Gasteiger partial charge in [0.05, 0.1) is 13.2 Å². The van der Waals surface area contributed by atoms with Crippen LogP contribution in [-0.2, 0) is 4.74 Å². The quantitative estimate of drug-likeness (QED) is 0.788. The minimum atomic E-state index is 0.650.